The number of benzene rings is 2. The zero-order valence-corrected chi connectivity index (χ0v) is 16.9. The number of carbonyl (C=O) groups excluding carboxylic acids is 1. The Labute approximate surface area is 165 Å². The topological polar surface area (TPSA) is 62.1 Å². The molecule has 144 valence electrons. The van der Waals surface area contributed by atoms with E-state index in [1.165, 1.54) is 34.5 Å². The summed E-state index contributed by atoms with van der Waals surface area (Å²) in [5.41, 5.74) is 0.765. The van der Waals surface area contributed by atoms with Crippen molar-refractivity contribution in [2.45, 2.75) is 4.90 Å². The number of para-hydroxylation sites is 1. The molecule has 1 aliphatic rings. The van der Waals surface area contributed by atoms with Crippen molar-refractivity contribution in [3.63, 3.8) is 0 Å². The number of hydrogen-bond acceptors (Lipinski definition) is 3. The Morgan fingerprint density at radius 3 is 2.37 bits per heavy atom. The maximum Gasteiger partial charge on any atom is 0.264 e. The molecule has 0 bridgehead atoms. The molecule has 0 saturated carbocycles. The van der Waals surface area contributed by atoms with Gasteiger partial charge in [-0.1, -0.05) is 29.8 Å². The van der Waals surface area contributed by atoms with Crippen molar-refractivity contribution < 1.29 is 18.1 Å². The van der Waals surface area contributed by atoms with Gasteiger partial charge >= 0.3 is 0 Å². The SMILES string of the molecule is CN(c1ccccc1)S(=O)(=O)c1ccc(Cl)c(C(=O)N2CC[NH+](C)CC2)c1. The fourth-order valence-corrected chi connectivity index (χ4v) is 4.45. The lowest BCUT2D eigenvalue weighted by atomic mass is 10.2. The number of likely N-dealkylation sites (N-methyl/N-ethyl adjacent to an activating group) is 1. The van der Waals surface area contributed by atoms with E-state index in [1.807, 2.05) is 6.07 Å². The molecule has 6 nitrogen and oxygen atoms in total. The third-order valence-electron chi connectivity index (χ3n) is 4.85. The highest BCUT2D eigenvalue weighted by molar-refractivity contribution is 7.92. The van der Waals surface area contributed by atoms with Crippen LogP contribution in [-0.4, -0.2) is 59.5 Å². The zero-order valence-electron chi connectivity index (χ0n) is 15.4. The number of piperazine rings is 1. The van der Waals surface area contributed by atoms with E-state index in [2.05, 4.69) is 7.05 Å². The Morgan fingerprint density at radius 2 is 1.74 bits per heavy atom. The summed E-state index contributed by atoms with van der Waals surface area (Å²) in [6, 6.07) is 13.1. The zero-order chi connectivity index (χ0) is 19.6. The van der Waals surface area contributed by atoms with Gasteiger partial charge in [0.05, 0.1) is 54.4 Å². The smallest absolute Gasteiger partial charge is 0.264 e. The molecule has 0 atom stereocenters. The molecule has 1 fully saturated rings. The molecule has 0 spiro atoms. The molecule has 0 radical (unpaired) electrons. The van der Waals surface area contributed by atoms with Crippen molar-refractivity contribution in [1.82, 2.24) is 4.90 Å². The van der Waals surface area contributed by atoms with Gasteiger partial charge in [-0.25, -0.2) is 8.42 Å². The molecule has 8 heteroatoms. The molecule has 1 N–H and O–H groups in total. The van der Waals surface area contributed by atoms with Gasteiger partial charge in [-0.05, 0) is 30.3 Å². The van der Waals surface area contributed by atoms with E-state index in [-0.39, 0.29) is 21.4 Å². The van der Waals surface area contributed by atoms with Crippen LogP contribution in [0, 0.1) is 0 Å². The maximum atomic E-state index is 13.0. The van der Waals surface area contributed by atoms with E-state index in [4.69, 9.17) is 11.6 Å². The Hall–Kier alpha value is -2.09. The van der Waals surface area contributed by atoms with E-state index in [9.17, 15) is 13.2 Å². The lowest BCUT2D eigenvalue weighted by Crippen LogP contribution is -3.12. The highest BCUT2D eigenvalue weighted by Crippen LogP contribution is 2.26. The molecule has 1 saturated heterocycles. The monoisotopic (exact) mass is 408 g/mol. The summed E-state index contributed by atoms with van der Waals surface area (Å²) in [6.07, 6.45) is 0. The van der Waals surface area contributed by atoms with Gasteiger partial charge in [0.15, 0.2) is 0 Å². The van der Waals surface area contributed by atoms with E-state index >= 15 is 0 Å². The number of nitrogens with one attached hydrogen (secondary N) is 1. The summed E-state index contributed by atoms with van der Waals surface area (Å²) in [4.78, 5) is 16.0. The molecule has 3 rings (SSSR count). The number of sulfonamides is 1. The highest BCUT2D eigenvalue weighted by atomic mass is 35.5. The van der Waals surface area contributed by atoms with Gasteiger partial charge in [-0.3, -0.25) is 9.10 Å². The summed E-state index contributed by atoms with van der Waals surface area (Å²) in [5.74, 6) is -0.230. The average molecular weight is 409 g/mol. The second-order valence-electron chi connectivity index (χ2n) is 6.70. The Balaban J connectivity index is 1.91. The minimum atomic E-state index is -3.80. The summed E-state index contributed by atoms with van der Waals surface area (Å²) in [6.45, 7) is 2.97. The molecule has 27 heavy (non-hydrogen) atoms. The van der Waals surface area contributed by atoms with Crippen LogP contribution in [0.4, 0.5) is 5.69 Å². The van der Waals surface area contributed by atoms with Crippen molar-refractivity contribution in [1.29, 1.82) is 0 Å². The number of anilines is 1. The maximum absolute atomic E-state index is 13.0. The number of rotatable bonds is 4. The van der Waals surface area contributed by atoms with Crippen molar-refractivity contribution in [2.24, 2.45) is 0 Å². The Morgan fingerprint density at radius 1 is 1.11 bits per heavy atom. The average Bonchev–Trinajstić information content (AvgIpc) is 2.68. The summed E-state index contributed by atoms with van der Waals surface area (Å²) >= 11 is 6.22. The standard InChI is InChI=1S/C19H22ClN3O3S/c1-21-10-12-23(13-11-21)19(24)17-14-16(8-9-18(17)20)27(25,26)22(2)15-6-4-3-5-7-15/h3-9,14H,10-13H2,1-2H3/p+1. The van der Waals surface area contributed by atoms with Gasteiger partial charge < -0.3 is 9.80 Å². The van der Waals surface area contributed by atoms with Gasteiger partial charge in [-0.2, -0.15) is 0 Å². The van der Waals surface area contributed by atoms with E-state index in [1.54, 1.807) is 29.2 Å². The first kappa shape index (κ1) is 19.7. The van der Waals surface area contributed by atoms with Crippen LogP contribution in [0.1, 0.15) is 10.4 Å². The van der Waals surface area contributed by atoms with E-state index < -0.39 is 10.0 Å². The first-order valence-electron chi connectivity index (χ1n) is 8.75. The predicted molar refractivity (Wildman–Crippen MR) is 106 cm³/mol. The van der Waals surface area contributed by atoms with E-state index in [0.717, 1.165) is 13.1 Å². The van der Waals surface area contributed by atoms with E-state index in [0.29, 0.717) is 18.8 Å². The number of halogens is 1. The van der Waals surface area contributed by atoms with Crippen LogP contribution < -0.4 is 9.21 Å². The van der Waals surface area contributed by atoms with Gasteiger partial charge in [-0.15, -0.1) is 0 Å². The highest BCUT2D eigenvalue weighted by Gasteiger charge is 2.27. The molecule has 1 heterocycles. The largest absolute Gasteiger partial charge is 0.334 e. The molecule has 1 aliphatic heterocycles. The van der Waals surface area contributed by atoms with Gasteiger partial charge in [0.2, 0.25) is 0 Å². The number of nitrogens with zero attached hydrogens (tertiary/aromatic N) is 2. The third-order valence-corrected chi connectivity index (χ3v) is 6.96. The lowest BCUT2D eigenvalue weighted by molar-refractivity contribution is -0.883. The van der Waals surface area contributed by atoms with Crippen LogP contribution in [0.3, 0.4) is 0 Å². The lowest BCUT2D eigenvalue weighted by Gasteiger charge is -2.30. The van der Waals surface area contributed by atoms with Gasteiger partial charge in [0.25, 0.3) is 15.9 Å². The van der Waals surface area contributed by atoms with Crippen LogP contribution in [0.2, 0.25) is 5.02 Å². The van der Waals surface area contributed by atoms with Gasteiger partial charge in [0, 0.05) is 7.05 Å². The molecule has 2 aromatic rings. The fraction of sp³-hybridized carbons (Fsp3) is 0.316. The Bertz CT molecular complexity index is 926. The molecular weight excluding hydrogens is 386 g/mol. The molecule has 1 amide bonds. The van der Waals surface area contributed by atoms with Crippen molar-refractivity contribution in [2.75, 3.05) is 44.6 Å². The number of hydrogen-bond donors (Lipinski definition) is 1. The first-order valence-corrected chi connectivity index (χ1v) is 10.6. The third kappa shape index (κ3) is 4.10. The first-order chi connectivity index (χ1) is 12.8. The molecule has 2 aromatic carbocycles. The minimum absolute atomic E-state index is 0.0429. The number of amides is 1. The second-order valence-corrected chi connectivity index (χ2v) is 9.08. The molecule has 0 aliphatic carbocycles. The molecule has 0 unspecified atom stereocenters. The molecule has 0 aromatic heterocycles. The van der Waals surface area contributed by atoms with Crippen LogP contribution in [0.25, 0.3) is 0 Å². The minimum Gasteiger partial charge on any atom is -0.334 e. The van der Waals surface area contributed by atoms with Crippen molar-refractivity contribution >= 4 is 33.2 Å². The predicted octanol–water partition coefficient (Wildman–Crippen LogP) is 1.14. The van der Waals surface area contributed by atoms with Crippen molar-refractivity contribution in [3.05, 3.63) is 59.1 Å². The number of quaternary nitrogens is 1. The van der Waals surface area contributed by atoms with Crippen LogP contribution in [-0.2, 0) is 10.0 Å². The summed E-state index contributed by atoms with van der Waals surface area (Å²) < 4.78 is 27.2. The van der Waals surface area contributed by atoms with Crippen molar-refractivity contribution in [3.8, 4) is 0 Å². The summed E-state index contributed by atoms with van der Waals surface area (Å²) in [5, 5.41) is 0.257. The second kappa shape index (κ2) is 7.88. The van der Waals surface area contributed by atoms with Crippen LogP contribution >= 0.6 is 11.6 Å². The normalized spacial score (nSPS) is 15.6. The summed E-state index contributed by atoms with van der Waals surface area (Å²) in [7, 11) is -0.230. The molecular formula is C19H23ClN3O3S+. The van der Waals surface area contributed by atoms with Gasteiger partial charge in [0.1, 0.15) is 0 Å². The quantitative estimate of drug-likeness (QED) is 0.825. The number of carbonyl (C=O) groups is 1. The van der Waals surface area contributed by atoms with Crippen LogP contribution in [0.15, 0.2) is 53.4 Å². The fourth-order valence-electron chi connectivity index (χ4n) is 3.03. The van der Waals surface area contributed by atoms with Crippen LogP contribution in [0.5, 0.6) is 0 Å². The Kier molecular flexibility index (Phi) is 5.74.